The number of hydrogen-bond donors (Lipinski definition) is 1. The quantitative estimate of drug-likeness (QED) is 0.330. The van der Waals surface area contributed by atoms with Crippen LogP contribution < -0.4 is 10.1 Å². The lowest BCUT2D eigenvalue weighted by atomic mass is 10.0. The average Bonchev–Trinajstić information content (AvgIpc) is 2.65. The zero-order valence-corrected chi connectivity index (χ0v) is 18.2. The molecule has 1 atom stereocenters. The Morgan fingerprint density at radius 3 is 2.03 bits per heavy atom. The molecule has 0 spiro atoms. The van der Waals surface area contributed by atoms with E-state index in [1.807, 2.05) is 0 Å². The van der Waals surface area contributed by atoms with Gasteiger partial charge in [0.1, 0.15) is 11.8 Å². The third kappa shape index (κ3) is 10.3. The van der Waals surface area contributed by atoms with Gasteiger partial charge in [0.05, 0.1) is 4.75 Å². The van der Waals surface area contributed by atoms with Crippen LogP contribution in [0.15, 0.2) is 30.3 Å². The highest BCUT2D eigenvalue weighted by Gasteiger charge is 2.41. The highest BCUT2D eigenvalue weighted by Crippen LogP contribution is 2.31. The fourth-order valence-corrected chi connectivity index (χ4v) is 2.78. The average molecular weight is 459 g/mol. The molecule has 1 aromatic carbocycles. The van der Waals surface area contributed by atoms with Crippen LogP contribution in [0.2, 0.25) is 0 Å². The van der Waals surface area contributed by atoms with Crippen molar-refractivity contribution in [1.29, 1.82) is 0 Å². The summed E-state index contributed by atoms with van der Waals surface area (Å²) in [4.78, 5) is 58.4. The molecule has 12 heteroatoms. The third-order valence-corrected chi connectivity index (χ3v) is 4.44. The number of nitrogens with one attached hydrogen (secondary N) is 1. The Morgan fingerprint density at radius 1 is 0.935 bits per heavy atom. The van der Waals surface area contributed by atoms with Gasteiger partial charge in [-0.3, -0.25) is 9.59 Å². The van der Waals surface area contributed by atoms with Crippen LogP contribution in [0.5, 0.6) is 5.75 Å². The molecule has 1 amide bonds. The summed E-state index contributed by atoms with van der Waals surface area (Å²) in [7, 11) is 0. The first-order chi connectivity index (χ1) is 14.5. The Hall–Kier alpha value is -3.28. The number of esters is 3. The maximum absolute atomic E-state index is 12.7. The van der Waals surface area contributed by atoms with Crippen molar-refractivity contribution in [3.8, 4) is 5.75 Å². The third-order valence-electron chi connectivity index (χ3n) is 3.39. The normalized spacial score (nSPS) is 11.5. The van der Waals surface area contributed by atoms with Crippen LogP contribution >= 0.6 is 11.8 Å². The number of para-hydroxylation sites is 1. The van der Waals surface area contributed by atoms with E-state index < -0.39 is 53.7 Å². The minimum Gasteiger partial charge on any atom is -0.428 e. The molecule has 0 heterocycles. The molecule has 1 N–H and O–H groups in total. The molecular formula is C19H25NO10S. The monoisotopic (exact) mass is 459 g/mol. The summed E-state index contributed by atoms with van der Waals surface area (Å²) in [5.41, 5.74) is 0. The maximum atomic E-state index is 12.7. The molecule has 0 aliphatic rings. The molecule has 31 heavy (non-hydrogen) atoms. The van der Waals surface area contributed by atoms with Crippen molar-refractivity contribution < 1.29 is 49.1 Å². The smallest absolute Gasteiger partial charge is 0.410 e. The van der Waals surface area contributed by atoms with Gasteiger partial charge < -0.3 is 29.0 Å². The maximum Gasteiger partial charge on any atom is 0.410 e. The number of rotatable bonds is 9. The van der Waals surface area contributed by atoms with Crippen molar-refractivity contribution in [2.75, 3.05) is 13.6 Å². The van der Waals surface area contributed by atoms with Crippen LogP contribution in [0.1, 0.15) is 29.1 Å². The van der Waals surface area contributed by atoms with Crippen molar-refractivity contribution in [2.24, 2.45) is 0 Å². The minimum atomic E-state index is -1.39. The van der Waals surface area contributed by atoms with E-state index in [4.69, 9.17) is 14.2 Å². The van der Waals surface area contributed by atoms with Gasteiger partial charge in [-0.15, -0.1) is 0 Å². The number of thioether (sulfide) groups is 1. The molecule has 0 saturated carbocycles. The first-order valence-electron chi connectivity index (χ1n) is 8.84. The van der Waals surface area contributed by atoms with E-state index >= 15 is 0 Å². The lowest BCUT2D eigenvalue weighted by Gasteiger charge is -2.31. The highest BCUT2D eigenvalue weighted by atomic mass is 32.2. The Labute approximate surface area is 184 Å². The van der Waals surface area contributed by atoms with Gasteiger partial charge in [-0.1, -0.05) is 18.2 Å². The molecule has 0 saturated heterocycles. The van der Waals surface area contributed by atoms with Crippen LogP contribution in [0.4, 0.5) is 9.59 Å². The number of alkyl carbamates (subject to hydrolysis) is 1. The molecule has 0 aliphatic carbocycles. The van der Waals surface area contributed by atoms with E-state index in [1.54, 1.807) is 18.2 Å². The molecule has 0 aromatic heterocycles. The topological polar surface area (TPSA) is 144 Å². The number of carbonyl (C=O) groups is 5. The first kappa shape index (κ1) is 25.8. The summed E-state index contributed by atoms with van der Waals surface area (Å²) in [6, 6.07) is 6.68. The Balaban J connectivity index is 0.00000961. The predicted octanol–water partition coefficient (Wildman–Crippen LogP) is 2.62. The van der Waals surface area contributed by atoms with Crippen molar-refractivity contribution in [3.63, 3.8) is 0 Å². The summed E-state index contributed by atoms with van der Waals surface area (Å²) in [5, 5.41) is 1.43. The fourth-order valence-electron chi connectivity index (χ4n) is 1.97. The number of amides is 1. The Bertz CT molecular complexity index is 803. The number of hydrogen-bond acceptors (Lipinski definition) is 11. The molecule has 1 aromatic rings. The standard InChI is InChI=1S/C19H23NO10S.H2/c1-12(21)26-10-28-17(24)20-15(16(23)30-14-8-6-5-7-9-14)19(3,4)31-18(25)29-11-27-13(2)22;/h5-9,15H,10-11H2,1-4H3,(H,20,24);1H/t15-;/m0./s1. The Kier molecular flexibility index (Phi) is 10.3. The molecule has 0 radical (unpaired) electrons. The number of carbonyl (C=O) groups excluding carboxylic acids is 5. The van der Waals surface area contributed by atoms with Crippen molar-refractivity contribution in [1.82, 2.24) is 5.32 Å². The second kappa shape index (κ2) is 12.4. The van der Waals surface area contributed by atoms with Gasteiger partial charge in [0.25, 0.3) is 0 Å². The first-order valence-corrected chi connectivity index (χ1v) is 9.65. The van der Waals surface area contributed by atoms with Gasteiger partial charge in [0.15, 0.2) is 0 Å². The largest absolute Gasteiger partial charge is 0.428 e. The van der Waals surface area contributed by atoms with E-state index in [2.05, 4.69) is 14.8 Å². The van der Waals surface area contributed by atoms with Crippen molar-refractivity contribution in [2.45, 2.75) is 38.5 Å². The van der Waals surface area contributed by atoms with Crippen LogP contribution in [-0.2, 0) is 33.3 Å². The second-order valence-electron chi connectivity index (χ2n) is 6.35. The van der Waals surface area contributed by atoms with Crippen molar-refractivity contribution in [3.05, 3.63) is 30.3 Å². The van der Waals surface area contributed by atoms with Gasteiger partial charge in [-0.05, 0) is 37.7 Å². The molecule has 1 rings (SSSR count). The SMILES string of the molecule is CC(=O)OCOC(=O)N[C@@H](C(=O)Oc1ccccc1)C(C)(C)SC(=O)OCOC(C)=O.[HH]. The van der Waals surface area contributed by atoms with Crippen LogP contribution in [0.3, 0.4) is 0 Å². The molecule has 0 fully saturated rings. The van der Waals surface area contributed by atoms with Crippen LogP contribution in [-0.4, -0.2) is 53.7 Å². The van der Waals surface area contributed by atoms with Gasteiger partial charge >= 0.3 is 29.3 Å². The fraction of sp³-hybridized carbons (Fsp3) is 0.421. The van der Waals surface area contributed by atoms with E-state index in [1.165, 1.54) is 26.0 Å². The zero-order chi connectivity index (χ0) is 23.4. The number of benzene rings is 1. The lowest BCUT2D eigenvalue weighted by Crippen LogP contribution is -2.54. The summed E-state index contributed by atoms with van der Waals surface area (Å²) < 4.78 is 22.5. The van der Waals surface area contributed by atoms with Crippen LogP contribution in [0, 0.1) is 0 Å². The van der Waals surface area contributed by atoms with Gasteiger partial charge in [-0.2, -0.15) is 0 Å². The summed E-state index contributed by atoms with van der Waals surface area (Å²) in [5.74, 6) is -1.98. The van der Waals surface area contributed by atoms with Gasteiger partial charge in [0.2, 0.25) is 13.6 Å². The van der Waals surface area contributed by atoms with Gasteiger partial charge in [0, 0.05) is 15.3 Å². The van der Waals surface area contributed by atoms with Crippen molar-refractivity contribution >= 4 is 41.1 Å². The summed E-state index contributed by atoms with van der Waals surface area (Å²) in [6.07, 6.45) is -1.08. The Morgan fingerprint density at radius 2 is 1.48 bits per heavy atom. The lowest BCUT2D eigenvalue weighted by molar-refractivity contribution is -0.150. The van der Waals surface area contributed by atoms with Crippen LogP contribution in [0.25, 0.3) is 0 Å². The van der Waals surface area contributed by atoms with E-state index in [-0.39, 0.29) is 7.18 Å². The highest BCUT2D eigenvalue weighted by molar-refractivity contribution is 8.14. The molecular weight excluding hydrogens is 434 g/mol. The second-order valence-corrected chi connectivity index (χ2v) is 7.94. The summed E-state index contributed by atoms with van der Waals surface area (Å²) in [6.45, 7) is 3.96. The molecule has 11 nitrogen and oxygen atoms in total. The molecule has 0 bridgehead atoms. The van der Waals surface area contributed by atoms with E-state index in [0.29, 0.717) is 11.8 Å². The summed E-state index contributed by atoms with van der Waals surface area (Å²) >= 11 is 0.562. The van der Waals surface area contributed by atoms with E-state index in [0.717, 1.165) is 13.8 Å². The minimum absolute atomic E-state index is 0. The van der Waals surface area contributed by atoms with E-state index in [9.17, 15) is 24.0 Å². The molecule has 0 aliphatic heterocycles. The molecule has 0 unspecified atom stereocenters. The van der Waals surface area contributed by atoms with Gasteiger partial charge in [-0.25, -0.2) is 14.4 Å². The molecule has 172 valence electrons. The number of ether oxygens (including phenoxy) is 5. The zero-order valence-electron chi connectivity index (χ0n) is 17.4. The predicted molar refractivity (Wildman–Crippen MR) is 109 cm³/mol.